The zero-order valence-electron chi connectivity index (χ0n) is 8.70. The fraction of sp³-hybridized carbons (Fsp3) is 0.0909. The first-order valence-corrected chi connectivity index (χ1v) is 6.56. The van der Waals surface area contributed by atoms with E-state index >= 15 is 0 Å². The zero-order chi connectivity index (χ0) is 12.4. The van der Waals surface area contributed by atoms with E-state index in [1.807, 2.05) is 24.3 Å². The van der Waals surface area contributed by atoms with Crippen molar-refractivity contribution < 1.29 is 4.79 Å². The van der Waals surface area contributed by atoms with Gasteiger partial charge in [-0.1, -0.05) is 18.2 Å². The number of thiophene rings is 1. The van der Waals surface area contributed by atoms with Gasteiger partial charge in [-0.05, 0) is 29.2 Å². The number of amides is 1. The molecule has 1 aromatic heterocycles. The van der Waals surface area contributed by atoms with Crippen LogP contribution in [0.25, 0.3) is 10.1 Å². The van der Waals surface area contributed by atoms with Crippen molar-refractivity contribution in [2.45, 2.75) is 5.88 Å². The number of benzene rings is 1. The van der Waals surface area contributed by atoms with Crippen molar-refractivity contribution in [3.8, 4) is 0 Å². The first-order valence-electron chi connectivity index (χ1n) is 4.80. The second-order valence-corrected chi connectivity index (χ2v) is 5.12. The minimum atomic E-state index is -0.297. The number of hydrogen-bond donors (Lipinski definition) is 2. The van der Waals surface area contributed by atoms with Crippen LogP contribution in [0.4, 0.5) is 0 Å². The number of nitrogens with one attached hydrogen (secondary N) is 1. The Labute approximate surface area is 113 Å². The lowest BCUT2D eigenvalue weighted by Gasteiger charge is -2.01. The second-order valence-electron chi connectivity index (χ2n) is 3.36. The second kappa shape index (κ2) is 5.00. The highest BCUT2D eigenvalue weighted by Gasteiger charge is 2.17. The highest BCUT2D eigenvalue weighted by molar-refractivity contribution is 7.80. The minimum Gasteiger partial charge on any atom is -0.376 e. The monoisotopic (exact) mass is 284 g/mol. The largest absolute Gasteiger partial charge is 0.376 e. The molecule has 6 heteroatoms. The van der Waals surface area contributed by atoms with Crippen molar-refractivity contribution in [2.24, 2.45) is 5.73 Å². The maximum absolute atomic E-state index is 11.9. The van der Waals surface area contributed by atoms with Crippen molar-refractivity contribution in [1.29, 1.82) is 0 Å². The lowest BCUT2D eigenvalue weighted by atomic mass is 10.1. The van der Waals surface area contributed by atoms with Gasteiger partial charge in [0.2, 0.25) is 0 Å². The highest BCUT2D eigenvalue weighted by Crippen LogP contribution is 2.32. The Balaban J connectivity index is 2.53. The standard InChI is InChI=1S/C11H9ClN2OS2/c12-5-7-6-3-1-2-4-8(6)17-9(7)10(15)14-11(13)16/h1-4H,5H2,(H3,13,14,15,16). The number of nitrogens with two attached hydrogens (primary N) is 1. The summed E-state index contributed by atoms with van der Waals surface area (Å²) in [4.78, 5) is 12.4. The topological polar surface area (TPSA) is 55.1 Å². The van der Waals surface area contributed by atoms with Crippen LogP contribution in [0.2, 0.25) is 0 Å². The SMILES string of the molecule is NC(=S)NC(=O)c1sc2ccccc2c1CCl. The Kier molecular flexibility index (Phi) is 3.61. The molecule has 0 saturated carbocycles. The molecule has 2 rings (SSSR count). The summed E-state index contributed by atoms with van der Waals surface area (Å²) in [6.45, 7) is 0. The van der Waals surface area contributed by atoms with E-state index in [1.165, 1.54) is 11.3 Å². The van der Waals surface area contributed by atoms with Crippen molar-refractivity contribution in [3.05, 3.63) is 34.7 Å². The van der Waals surface area contributed by atoms with Crippen LogP contribution in [0.3, 0.4) is 0 Å². The molecule has 0 fully saturated rings. The molecule has 2 aromatic rings. The average Bonchev–Trinajstić information content (AvgIpc) is 2.66. The smallest absolute Gasteiger partial charge is 0.267 e. The van der Waals surface area contributed by atoms with E-state index in [2.05, 4.69) is 17.5 Å². The molecule has 0 aliphatic rings. The van der Waals surface area contributed by atoms with Crippen molar-refractivity contribution in [1.82, 2.24) is 5.32 Å². The Bertz CT molecular complexity index is 594. The number of hydrogen-bond acceptors (Lipinski definition) is 3. The summed E-state index contributed by atoms with van der Waals surface area (Å²) >= 11 is 11.9. The van der Waals surface area contributed by atoms with Crippen LogP contribution < -0.4 is 11.1 Å². The van der Waals surface area contributed by atoms with Gasteiger partial charge in [0.05, 0.1) is 4.88 Å². The molecular weight excluding hydrogens is 276 g/mol. The summed E-state index contributed by atoms with van der Waals surface area (Å²) in [6.07, 6.45) is 0. The molecule has 0 unspecified atom stereocenters. The molecular formula is C11H9ClN2OS2. The van der Waals surface area contributed by atoms with Crippen LogP contribution in [-0.2, 0) is 5.88 Å². The highest BCUT2D eigenvalue weighted by atomic mass is 35.5. The van der Waals surface area contributed by atoms with Crippen LogP contribution in [0, 0.1) is 0 Å². The minimum absolute atomic E-state index is 0.0343. The summed E-state index contributed by atoms with van der Waals surface area (Å²) in [5, 5.41) is 3.38. The summed E-state index contributed by atoms with van der Waals surface area (Å²) in [7, 11) is 0. The number of thiocarbonyl (C=S) groups is 1. The summed E-state index contributed by atoms with van der Waals surface area (Å²) in [5.41, 5.74) is 6.11. The van der Waals surface area contributed by atoms with Gasteiger partial charge in [0.1, 0.15) is 0 Å². The van der Waals surface area contributed by atoms with Crippen molar-refractivity contribution in [2.75, 3.05) is 0 Å². The number of alkyl halides is 1. The van der Waals surface area contributed by atoms with E-state index in [1.54, 1.807) is 0 Å². The molecule has 88 valence electrons. The van der Waals surface area contributed by atoms with Gasteiger partial charge >= 0.3 is 0 Å². The van der Waals surface area contributed by atoms with Gasteiger partial charge in [0.15, 0.2) is 5.11 Å². The maximum atomic E-state index is 11.9. The van der Waals surface area contributed by atoms with E-state index in [0.29, 0.717) is 4.88 Å². The number of halogens is 1. The van der Waals surface area contributed by atoms with E-state index in [9.17, 15) is 4.79 Å². The van der Waals surface area contributed by atoms with E-state index < -0.39 is 0 Å². The zero-order valence-corrected chi connectivity index (χ0v) is 11.1. The number of carbonyl (C=O) groups is 1. The predicted octanol–water partition coefficient (Wildman–Crippen LogP) is 2.61. The predicted molar refractivity (Wildman–Crippen MR) is 75.6 cm³/mol. The molecule has 1 amide bonds. The quantitative estimate of drug-likeness (QED) is 0.658. The lowest BCUT2D eigenvalue weighted by Crippen LogP contribution is -2.34. The third kappa shape index (κ3) is 2.41. The van der Waals surface area contributed by atoms with Crippen LogP contribution in [0.5, 0.6) is 0 Å². The fourth-order valence-corrected chi connectivity index (χ4v) is 3.15. The summed E-state index contributed by atoms with van der Waals surface area (Å²) in [6, 6.07) is 7.74. The first kappa shape index (κ1) is 12.3. The Hall–Kier alpha value is -1.17. The molecule has 0 atom stereocenters. The van der Waals surface area contributed by atoms with Crippen LogP contribution >= 0.6 is 35.2 Å². The molecule has 0 spiro atoms. The molecule has 3 N–H and O–H groups in total. The Morgan fingerprint density at radius 2 is 2.18 bits per heavy atom. The van der Waals surface area contributed by atoms with Gasteiger partial charge in [0, 0.05) is 10.6 Å². The molecule has 17 heavy (non-hydrogen) atoms. The van der Waals surface area contributed by atoms with Gasteiger partial charge in [-0.2, -0.15) is 0 Å². The Morgan fingerprint density at radius 1 is 1.47 bits per heavy atom. The normalized spacial score (nSPS) is 10.4. The number of fused-ring (bicyclic) bond motifs is 1. The van der Waals surface area contributed by atoms with Crippen molar-refractivity contribution in [3.63, 3.8) is 0 Å². The van der Waals surface area contributed by atoms with Crippen molar-refractivity contribution >= 4 is 56.3 Å². The number of rotatable bonds is 2. The summed E-state index contributed by atoms with van der Waals surface area (Å²) in [5.74, 6) is -0.0151. The lowest BCUT2D eigenvalue weighted by molar-refractivity contribution is 0.0981. The van der Waals surface area contributed by atoms with E-state index in [4.69, 9.17) is 17.3 Å². The Morgan fingerprint density at radius 3 is 2.82 bits per heavy atom. The molecule has 0 radical (unpaired) electrons. The molecule has 0 aliphatic carbocycles. The molecule has 1 heterocycles. The van der Waals surface area contributed by atoms with Gasteiger partial charge in [0.25, 0.3) is 5.91 Å². The van der Waals surface area contributed by atoms with Gasteiger partial charge in [-0.25, -0.2) is 0 Å². The third-order valence-corrected chi connectivity index (χ3v) is 3.86. The van der Waals surface area contributed by atoms with Gasteiger partial charge < -0.3 is 5.73 Å². The van der Waals surface area contributed by atoms with Gasteiger partial charge in [-0.3, -0.25) is 10.1 Å². The van der Waals surface area contributed by atoms with Crippen LogP contribution in [0.1, 0.15) is 15.2 Å². The maximum Gasteiger partial charge on any atom is 0.267 e. The fourth-order valence-electron chi connectivity index (χ4n) is 1.58. The first-order chi connectivity index (χ1) is 8.13. The van der Waals surface area contributed by atoms with E-state index in [-0.39, 0.29) is 16.9 Å². The molecule has 0 aliphatic heterocycles. The average molecular weight is 285 g/mol. The number of carbonyl (C=O) groups excluding carboxylic acids is 1. The third-order valence-electron chi connectivity index (χ3n) is 2.27. The molecule has 0 bridgehead atoms. The van der Waals surface area contributed by atoms with Crippen LogP contribution in [-0.4, -0.2) is 11.0 Å². The molecule has 3 nitrogen and oxygen atoms in total. The van der Waals surface area contributed by atoms with E-state index in [0.717, 1.165) is 15.6 Å². The molecule has 1 aromatic carbocycles. The molecule has 0 saturated heterocycles. The summed E-state index contributed by atoms with van der Waals surface area (Å²) < 4.78 is 1.02. The van der Waals surface area contributed by atoms with Crippen LogP contribution in [0.15, 0.2) is 24.3 Å². The van der Waals surface area contributed by atoms with Gasteiger partial charge in [-0.15, -0.1) is 22.9 Å².